The predicted octanol–water partition coefficient (Wildman–Crippen LogP) is 2.24. The molecule has 1 aliphatic heterocycles. The highest BCUT2D eigenvalue weighted by Gasteiger charge is 2.25. The van der Waals surface area contributed by atoms with E-state index >= 15 is 0 Å². The van der Waals surface area contributed by atoms with Crippen molar-refractivity contribution in [3.05, 3.63) is 35.5 Å². The molecule has 1 fully saturated rings. The Balaban J connectivity index is 1.76. The van der Waals surface area contributed by atoms with Gasteiger partial charge in [-0.2, -0.15) is 4.98 Å². The third kappa shape index (κ3) is 3.46. The number of amides is 1. The minimum Gasteiger partial charge on any atom is -0.342 e. The third-order valence-corrected chi connectivity index (χ3v) is 4.41. The van der Waals surface area contributed by atoms with E-state index in [4.69, 9.17) is 10.3 Å². The van der Waals surface area contributed by atoms with Gasteiger partial charge in [-0.15, -0.1) is 0 Å². The number of nitrogens with two attached hydrogens (primary N) is 1. The third-order valence-electron chi connectivity index (χ3n) is 4.41. The van der Waals surface area contributed by atoms with Gasteiger partial charge in [0.15, 0.2) is 0 Å². The summed E-state index contributed by atoms with van der Waals surface area (Å²) in [5.74, 6) is 0.449. The summed E-state index contributed by atoms with van der Waals surface area (Å²) in [6, 6.07) is 4.82. The summed E-state index contributed by atoms with van der Waals surface area (Å²) in [5.41, 5.74) is 6.71. The van der Waals surface area contributed by atoms with Gasteiger partial charge in [0.1, 0.15) is 5.82 Å². The van der Waals surface area contributed by atoms with Crippen molar-refractivity contribution in [3.8, 4) is 11.4 Å². The lowest BCUT2D eigenvalue weighted by Gasteiger charge is -2.19. The highest BCUT2D eigenvalue weighted by Crippen LogP contribution is 2.29. The molecule has 24 heavy (non-hydrogen) atoms. The molecule has 0 saturated carbocycles. The Bertz CT molecular complexity index is 731. The Morgan fingerprint density at radius 2 is 2.25 bits per heavy atom. The summed E-state index contributed by atoms with van der Waals surface area (Å²) in [5, 5.41) is 3.94. The SMILES string of the molecule is Cc1ccc(F)c(-c2noc(C3CCCN(C(=O)CN)CC3)n2)c1. The molecule has 2 heterocycles. The fraction of sp³-hybridized carbons (Fsp3) is 0.471. The predicted molar refractivity (Wildman–Crippen MR) is 86.7 cm³/mol. The summed E-state index contributed by atoms with van der Waals surface area (Å²) in [6.45, 7) is 3.23. The first-order valence-corrected chi connectivity index (χ1v) is 8.16. The van der Waals surface area contributed by atoms with Gasteiger partial charge in [0, 0.05) is 19.0 Å². The normalized spacial score (nSPS) is 18.5. The van der Waals surface area contributed by atoms with Crippen LogP contribution in [0.15, 0.2) is 22.7 Å². The molecule has 1 aromatic carbocycles. The number of rotatable bonds is 3. The zero-order chi connectivity index (χ0) is 17.1. The van der Waals surface area contributed by atoms with Gasteiger partial charge in [-0.05, 0) is 38.3 Å². The van der Waals surface area contributed by atoms with Crippen molar-refractivity contribution in [2.24, 2.45) is 5.73 Å². The zero-order valence-electron chi connectivity index (χ0n) is 13.7. The Morgan fingerprint density at radius 1 is 1.42 bits per heavy atom. The molecule has 6 nitrogen and oxygen atoms in total. The standard InChI is InChI=1S/C17H21FN4O2/c1-11-4-5-14(18)13(9-11)16-20-17(24-21-16)12-3-2-7-22(8-6-12)15(23)10-19/h4-5,9,12H,2-3,6-8,10,19H2,1H3. The lowest BCUT2D eigenvalue weighted by molar-refractivity contribution is -0.129. The van der Waals surface area contributed by atoms with E-state index in [9.17, 15) is 9.18 Å². The van der Waals surface area contributed by atoms with Gasteiger partial charge in [-0.25, -0.2) is 4.39 Å². The van der Waals surface area contributed by atoms with Crippen LogP contribution in [0.3, 0.4) is 0 Å². The van der Waals surface area contributed by atoms with Crippen LogP contribution in [0, 0.1) is 12.7 Å². The quantitative estimate of drug-likeness (QED) is 0.931. The van der Waals surface area contributed by atoms with Crippen LogP contribution < -0.4 is 5.73 Å². The molecule has 0 spiro atoms. The van der Waals surface area contributed by atoms with Crippen LogP contribution >= 0.6 is 0 Å². The number of hydrogen-bond donors (Lipinski definition) is 1. The number of carbonyl (C=O) groups is 1. The highest BCUT2D eigenvalue weighted by molar-refractivity contribution is 5.78. The number of halogens is 1. The Kier molecular flexibility index (Phi) is 4.89. The molecule has 1 aromatic heterocycles. The number of aromatic nitrogens is 2. The number of nitrogens with zero attached hydrogens (tertiary/aromatic N) is 3. The van der Waals surface area contributed by atoms with Crippen molar-refractivity contribution < 1.29 is 13.7 Å². The minimum absolute atomic E-state index is 0.0298. The van der Waals surface area contributed by atoms with E-state index < -0.39 is 0 Å². The van der Waals surface area contributed by atoms with E-state index in [1.807, 2.05) is 6.92 Å². The Labute approximate surface area is 139 Å². The van der Waals surface area contributed by atoms with Crippen molar-refractivity contribution in [2.45, 2.75) is 32.1 Å². The second kappa shape index (κ2) is 7.09. The lowest BCUT2D eigenvalue weighted by Crippen LogP contribution is -2.36. The van der Waals surface area contributed by atoms with Gasteiger partial charge >= 0.3 is 0 Å². The van der Waals surface area contributed by atoms with Crippen LogP contribution in [0.4, 0.5) is 4.39 Å². The summed E-state index contributed by atoms with van der Waals surface area (Å²) < 4.78 is 19.3. The molecule has 0 bridgehead atoms. The van der Waals surface area contributed by atoms with Crippen LogP contribution in [0.2, 0.25) is 0 Å². The van der Waals surface area contributed by atoms with E-state index in [0.29, 0.717) is 24.5 Å². The highest BCUT2D eigenvalue weighted by atomic mass is 19.1. The first kappa shape index (κ1) is 16.6. The van der Waals surface area contributed by atoms with Crippen LogP contribution in [-0.4, -0.2) is 40.6 Å². The van der Waals surface area contributed by atoms with E-state index in [1.54, 1.807) is 17.0 Å². The monoisotopic (exact) mass is 332 g/mol. The summed E-state index contributed by atoms with van der Waals surface area (Å²) in [6.07, 6.45) is 2.45. The molecule has 3 rings (SSSR count). The Morgan fingerprint density at radius 3 is 3.04 bits per heavy atom. The summed E-state index contributed by atoms with van der Waals surface area (Å²) >= 11 is 0. The maximum Gasteiger partial charge on any atom is 0.236 e. The molecule has 1 atom stereocenters. The molecule has 1 saturated heterocycles. The molecule has 0 aliphatic carbocycles. The average Bonchev–Trinajstić information content (AvgIpc) is 2.94. The number of likely N-dealkylation sites (tertiary alicyclic amines) is 1. The molecule has 2 aromatic rings. The first-order valence-electron chi connectivity index (χ1n) is 8.16. The fourth-order valence-electron chi connectivity index (χ4n) is 3.04. The number of benzene rings is 1. The molecule has 128 valence electrons. The van der Waals surface area contributed by atoms with Crippen molar-refractivity contribution >= 4 is 5.91 Å². The fourth-order valence-corrected chi connectivity index (χ4v) is 3.04. The molecular formula is C17H21FN4O2. The minimum atomic E-state index is -0.367. The molecule has 1 amide bonds. The van der Waals surface area contributed by atoms with Gasteiger partial charge in [0.05, 0.1) is 12.1 Å². The van der Waals surface area contributed by atoms with E-state index in [0.717, 1.165) is 24.8 Å². The van der Waals surface area contributed by atoms with Crippen LogP contribution in [0.1, 0.15) is 36.6 Å². The summed E-state index contributed by atoms with van der Waals surface area (Å²) in [4.78, 5) is 17.9. The van der Waals surface area contributed by atoms with Crippen molar-refractivity contribution in [2.75, 3.05) is 19.6 Å². The van der Waals surface area contributed by atoms with Gasteiger partial charge in [-0.1, -0.05) is 16.8 Å². The topological polar surface area (TPSA) is 85.2 Å². The van der Waals surface area contributed by atoms with Gasteiger partial charge in [0.25, 0.3) is 0 Å². The van der Waals surface area contributed by atoms with Crippen LogP contribution in [0.25, 0.3) is 11.4 Å². The molecular weight excluding hydrogens is 311 g/mol. The maximum absolute atomic E-state index is 14.0. The Hall–Kier alpha value is -2.28. The second-order valence-corrected chi connectivity index (χ2v) is 6.15. The molecule has 0 radical (unpaired) electrons. The molecule has 2 N–H and O–H groups in total. The van der Waals surface area contributed by atoms with E-state index in [1.165, 1.54) is 6.07 Å². The van der Waals surface area contributed by atoms with Crippen LogP contribution in [0.5, 0.6) is 0 Å². The molecule has 7 heteroatoms. The van der Waals surface area contributed by atoms with Crippen molar-refractivity contribution in [3.63, 3.8) is 0 Å². The van der Waals surface area contributed by atoms with Gasteiger partial charge < -0.3 is 15.2 Å². The lowest BCUT2D eigenvalue weighted by atomic mass is 10.0. The number of aryl methyl sites for hydroxylation is 1. The van der Waals surface area contributed by atoms with Gasteiger partial charge in [0.2, 0.25) is 17.6 Å². The van der Waals surface area contributed by atoms with E-state index in [-0.39, 0.29) is 30.0 Å². The molecule has 1 unspecified atom stereocenters. The number of carbonyl (C=O) groups excluding carboxylic acids is 1. The van der Waals surface area contributed by atoms with E-state index in [2.05, 4.69) is 10.1 Å². The largest absolute Gasteiger partial charge is 0.342 e. The number of hydrogen-bond acceptors (Lipinski definition) is 5. The van der Waals surface area contributed by atoms with Gasteiger partial charge in [-0.3, -0.25) is 4.79 Å². The average molecular weight is 332 g/mol. The smallest absolute Gasteiger partial charge is 0.236 e. The molecule has 1 aliphatic rings. The van der Waals surface area contributed by atoms with Crippen molar-refractivity contribution in [1.29, 1.82) is 0 Å². The maximum atomic E-state index is 14.0. The van der Waals surface area contributed by atoms with Crippen LogP contribution in [-0.2, 0) is 4.79 Å². The first-order chi connectivity index (χ1) is 11.6. The van der Waals surface area contributed by atoms with Crippen molar-refractivity contribution in [1.82, 2.24) is 15.0 Å². The summed E-state index contributed by atoms with van der Waals surface area (Å²) in [7, 11) is 0. The second-order valence-electron chi connectivity index (χ2n) is 6.15. The zero-order valence-corrected chi connectivity index (χ0v) is 13.7.